The molecule has 0 bridgehead atoms. The van der Waals surface area contributed by atoms with Crippen molar-refractivity contribution in [1.29, 1.82) is 0 Å². The maximum atomic E-state index is 3.20. The van der Waals surface area contributed by atoms with Crippen molar-refractivity contribution in [3.05, 3.63) is 0 Å². The predicted octanol–water partition coefficient (Wildman–Crippen LogP) is -1.60. The Balaban J connectivity index is 2.18. The number of hydrogen-bond donors (Lipinski definition) is 1. The van der Waals surface area contributed by atoms with Crippen molar-refractivity contribution in [2.75, 3.05) is 19.8 Å². The molecule has 0 unspecified atom stereocenters. The molecule has 0 atom stereocenters. The maximum Gasteiger partial charge on any atom is 0.187 e. The monoisotopic (exact) mass is 84.1 g/mol. The normalized spacial score (nSPS) is 25.3. The Morgan fingerprint density at radius 2 is 2.50 bits per heavy atom. The average molecular weight is 83.9 g/mol. The van der Waals surface area contributed by atoms with Gasteiger partial charge in [-0.15, -0.1) is 0 Å². The van der Waals surface area contributed by atoms with Crippen LogP contribution < -0.4 is 5.32 Å². The Hall–Kier alpha value is -0.0151. The van der Waals surface area contributed by atoms with Crippen LogP contribution in [0.5, 0.6) is 0 Å². The van der Waals surface area contributed by atoms with Crippen LogP contribution in [-0.2, 0) is 0 Å². The lowest BCUT2D eigenvalue weighted by Crippen LogP contribution is -2.17. The summed E-state index contributed by atoms with van der Waals surface area (Å²) in [7, 11) is 2.11. The zero-order valence-electron chi connectivity index (χ0n) is 4.07. The summed E-state index contributed by atoms with van der Waals surface area (Å²) in [5, 5.41) is 3.20. The summed E-state index contributed by atoms with van der Waals surface area (Å²) in [4.78, 5) is 2.25. The highest BCUT2D eigenvalue weighted by molar-refractivity contribution is 6.04. The van der Waals surface area contributed by atoms with Gasteiger partial charge in [0.25, 0.3) is 0 Å². The minimum Gasteiger partial charge on any atom is -0.336 e. The molecule has 1 fully saturated rings. The molecule has 0 aliphatic carbocycles. The van der Waals surface area contributed by atoms with Gasteiger partial charge in [0, 0.05) is 19.8 Å². The van der Waals surface area contributed by atoms with Gasteiger partial charge in [0.15, 0.2) is 7.98 Å². The Morgan fingerprint density at radius 3 is 2.67 bits per heavy atom. The second kappa shape index (κ2) is 1.62. The lowest BCUT2D eigenvalue weighted by atomic mass is 10.3. The third-order valence-corrected chi connectivity index (χ3v) is 1.05. The molecule has 2 nitrogen and oxygen atoms in total. The number of nitrogens with one attached hydrogen (secondary N) is 1. The molecule has 0 aromatic rings. The third kappa shape index (κ3) is 0.728. The highest BCUT2D eigenvalue weighted by Gasteiger charge is 2.01. The zero-order valence-corrected chi connectivity index (χ0v) is 4.07. The molecule has 1 aliphatic rings. The van der Waals surface area contributed by atoms with Crippen molar-refractivity contribution >= 4 is 7.98 Å². The van der Waals surface area contributed by atoms with Crippen molar-refractivity contribution < 1.29 is 0 Å². The predicted molar refractivity (Wildman–Crippen MR) is 28.1 cm³/mol. The minimum atomic E-state index is 1.07. The van der Waals surface area contributed by atoms with Gasteiger partial charge in [0.2, 0.25) is 0 Å². The van der Waals surface area contributed by atoms with Crippen LogP contribution >= 0.6 is 0 Å². The molecule has 1 saturated heterocycles. The second-order valence-electron chi connectivity index (χ2n) is 1.74. The van der Waals surface area contributed by atoms with E-state index in [1.807, 2.05) is 0 Å². The maximum absolute atomic E-state index is 3.20. The lowest BCUT2D eigenvalue weighted by molar-refractivity contribution is 0.555. The van der Waals surface area contributed by atoms with E-state index in [2.05, 4.69) is 18.1 Å². The molecule has 6 heavy (non-hydrogen) atoms. The molecule has 0 amide bonds. The summed E-state index contributed by atoms with van der Waals surface area (Å²) in [5.74, 6) is 0. The molecule has 0 spiro atoms. The average Bonchev–Trinajstić information content (AvgIpc) is 1.86. The van der Waals surface area contributed by atoms with Gasteiger partial charge in [0.1, 0.15) is 0 Å². The van der Waals surface area contributed by atoms with Gasteiger partial charge in [0.05, 0.1) is 0 Å². The van der Waals surface area contributed by atoms with Crippen molar-refractivity contribution in [2.24, 2.45) is 0 Å². The Labute approximate surface area is 38.9 Å². The first-order chi connectivity index (χ1) is 2.89. The highest BCUT2D eigenvalue weighted by atomic mass is 15.2. The van der Waals surface area contributed by atoms with Crippen LogP contribution in [0.15, 0.2) is 0 Å². The molecule has 0 radical (unpaired) electrons. The summed E-state index contributed by atoms with van der Waals surface area (Å²) >= 11 is 0. The summed E-state index contributed by atoms with van der Waals surface area (Å²) < 4.78 is 0. The smallest absolute Gasteiger partial charge is 0.187 e. The Bertz CT molecular complexity index is 42.1. The topological polar surface area (TPSA) is 15.3 Å². The molecule has 0 saturated carbocycles. The van der Waals surface area contributed by atoms with Gasteiger partial charge >= 0.3 is 0 Å². The molecular weight excluding hydrogens is 74.9 g/mol. The summed E-state index contributed by atoms with van der Waals surface area (Å²) in [6.45, 7) is 3.44. The van der Waals surface area contributed by atoms with Gasteiger partial charge in [-0.1, -0.05) is 0 Å². The van der Waals surface area contributed by atoms with Gasteiger partial charge in [-0.25, -0.2) is 0 Å². The van der Waals surface area contributed by atoms with Crippen LogP contribution in [-0.4, -0.2) is 32.6 Å². The van der Waals surface area contributed by atoms with Crippen LogP contribution in [0.1, 0.15) is 0 Å². The first-order valence-electron chi connectivity index (χ1n) is 2.29. The minimum absolute atomic E-state index is 1.07. The van der Waals surface area contributed by atoms with Gasteiger partial charge < -0.3 is 10.1 Å². The molecule has 1 N–H and O–H groups in total. The van der Waals surface area contributed by atoms with Gasteiger partial charge in [-0.2, -0.15) is 0 Å². The fraction of sp³-hybridized carbons (Fsp3) is 1.00. The summed E-state index contributed by atoms with van der Waals surface area (Å²) in [6, 6.07) is 0. The Morgan fingerprint density at radius 1 is 1.67 bits per heavy atom. The standard InChI is InChI=1S/C3H9BN2/c4-6-2-1-5-3-6/h5H,1-4H2. The van der Waals surface area contributed by atoms with Crippen LogP contribution in [0.2, 0.25) is 0 Å². The number of nitrogens with zero attached hydrogens (tertiary/aromatic N) is 1. The van der Waals surface area contributed by atoms with E-state index in [1.165, 1.54) is 6.54 Å². The van der Waals surface area contributed by atoms with E-state index in [4.69, 9.17) is 0 Å². The van der Waals surface area contributed by atoms with Crippen molar-refractivity contribution in [3.8, 4) is 0 Å². The summed E-state index contributed by atoms with van der Waals surface area (Å²) in [6.07, 6.45) is 0. The van der Waals surface area contributed by atoms with E-state index in [1.54, 1.807) is 0 Å². The zero-order chi connectivity index (χ0) is 4.41. The lowest BCUT2D eigenvalue weighted by Gasteiger charge is -2.00. The van der Waals surface area contributed by atoms with E-state index in [0.717, 1.165) is 13.2 Å². The largest absolute Gasteiger partial charge is 0.336 e. The molecule has 1 heterocycles. The highest BCUT2D eigenvalue weighted by Crippen LogP contribution is 1.81. The van der Waals surface area contributed by atoms with Gasteiger partial charge in [-0.3, -0.25) is 0 Å². The van der Waals surface area contributed by atoms with E-state index < -0.39 is 0 Å². The number of hydrogen-bond acceptors (Lipinski definition) is 2. The van der Waals surface area contributed by atoms with Crippen LogP contribution in [0.4, 0.5) is 0 Å². The number of rotatable bonds is 0. The molecule has 3 heteroatoms. The fourth-order valence-corrected chi connectivity index (χ4v) is 0.619. The van der Waals surface area contributed by atoms with E-state index in [-0.39, 0.29) is 0 Å². The molecule has 34 valence electrons. The van der Waals surface area contributed by atoms with Crippen LogP contribution in [0.3, 0.4) is 0 Å². The molecule has 0 aromatic carbocycles. The summed E-state index contributed by atoms with van der Waals surface area (Å²) in [5.41, 5.74) is 0. The second-order valence-corrected chi connectivity index (χ2v) is 1.74. The van der Waals surface area contributed by atoms with E-state index in [9.17, 15) is 0 Å². The third-order valence-electron chi connectivity index (χ3n) is 1.05. The van der Waals surface area contributed by atoms with Crippen molar-refractivity contribution in [2.45, 2.75) is 0 Å². The van der Waals surface area contributed by atoms with Gasteiger partial charge in [-0.05, 0) is 0 Å². The van der Waals surface area contributed by atoms with E-state index >= 15 is 0 Å². The van der Waals surface area contributed by atoms with Crippen molar-refractivity contribution in [1.82, 2.24) is 10.1 Å². The fourth-order valence-electron chi connectivity index (χ4n) is 0.619. The quantitative estimate of drug-likeness (QED) is 0.355. The Kier molecular flexibility index (Phi) is 1.12. The van der Waals surface area contributed by atoms with Crippen LogP contribution in [0.25, 0.3) is 0 Å². The molecule has 0 aromatic heterocycles. The SMILES string of the molecule is BN1CCNC1. The molecular formula is C3H9BN2. The van der Waals surface area contributed by atoms with Crippen molar-refractivity contribution in [3.63, 3.8) is 0 Å². The molecule has 1 aliphatic heterocycles. The van der Waals surface area contributed by atoms with Crippen LogP contribution in [0, 0.1) is 0 Å². The van der Waals surface area contributed by atoms with E-state index in [0.29, 0.717) is 0 Å². The first-order valence-corrected chi connectivity index (χ1v) is 2.29. The molecule has 1 rings (SSSR count). The first kappa shape index (κ1) is 4.15.